The number of oxime groups is 1. The lowest BCUT2D eigenvalue weighted by Crippen LogP contribution is -2.23. The Bertz CT molecular complexity index is 183. The molecule has 0 radical (unpaired) electrons. The fourth-order valence-electron chi connectivity index (χ4n) is 0.543. The van der Waals surface area contributed by atoms with Crippen LogP contribution in [0.4, 0.5) is 4.79 Å². The Morgan fingerprint density at radius 3 is 2.85 bits per heavy atom. The first-order valence-electron chi connectivity index (χ1n) is 4.24. The van der Waals surface area contributed by atoms with Gasteiger partial charge in [0.05, 0.1) is 0 Å². The third-order valence-corrected chi connectivity index (χ3v) is 2.02. The highest BCUT2D eigenvalue weighted by Crippen LogP contribution is 1.96. The lowest BCUT2D eigenvalue weighted by atomic mass is 10.3. The summed E-state index contributed by atoms with van der Waals surface area (Å²) >= 11 is 1.44. The van der Waals surface area contributed by atoms with E-state index < -0.39 is 6.09 Å². The van der Waals surface area contributed by atoms with E-state index in [2.05, 4.69) is 22.2 Å². The molecule has 0 heterocycles. The minimum Gasteiger partial charge on any atom is -0.320 e. The highest BCUT2D eigenvalue weighted by atomic mass is 32.2. The van der Waals surface area contributed by atoms with Gasteiger partial charge in [-0.3, -0.25) is 4.84 Å². The second-order valence-corrected chi connectivity index (χ2v) is 3.47. The maximum Gasteiger partial charge on any atom is 0.433 e. The van der Waals surface area contributed by atoms with Crippen molar-refractivity contribution >= 4 is 22.9 Å². The van der Waals surface area contributed by atoms with Crippen LogP contribution in [-0.2, 0) is 4.84 Å². The fraction of sp³-hybridized carbons (Fsp3) is 0.750. The van der Waals surface area contributed by atoms with E-state index in [-0.39, 0.29) is 0 Å². The van der Waals surface area contributed by atoms with Gasteiger partial charge in [0.1, 0.15) is 5.04 Å². The quantitative estimate of drug-likeness (QED) is 0.251. The Morgan fingerprint density at radius 2 is 2.31 bits per heavy atom. The molecule has 4 nitrogen and oxygen atoms in total. The Labute approximate surface area is 83.1 Å². The molecule has 0 bridgehead atoms. The van der Waals surface area contributed by atoms with Crippen LogP contribution in [-0.4, -0.2) is 23.9 Å². The van der Waals surface area contributed by atoms with E-state index >= 15 is 0 Å². The number of carbonyl (C=O) groups is 1. The fourth-order valence-corrected chi connectivity index (χ4v) is 0.654. The number of hydrogen-bond donors (Lipinski definition) is 1. The summed E-state index contributed by atoms with van der Waals surface area (Å²) in [7, 11) is 0. The van der Waals surface area contributed by atoms with Crippen molar-refractivity contribution in [3.63, 3.8) is 0 Å². The molecule has 1 N–H and O–H groups in total. The van der Waals surface area contributed by atoms with Crippen molar-refractivity contribution in [1.82, 2.24) is 5.32 Å². The third-order valence-electron chi connectivity index (χ3n) is 1.35. The second kappa shape index (κ2) is 7.91. The zero-order valence-corrected chi connectivity index (χ0v) is 9.11. The molecule has 0 aromatic rings. The summed E-state index contributed by atoms with van der Waals surface area (Å²) in [5.74, 6) is 0. The average Bonchev–Trinajstić information content (AvgIpc) is 2.14. The molecule has 0 atom stereocenters. The molecule has 0 aliphatic heterocycles. The summed E-state index contributed by atoms with van der Waals surface area (Å²) in [5, 5.41) is 6.90. The minimum atomic E-state index is -0.484. The Hall–Kier alpha value is -0.710. The molecule has 0 fully saturated rings. The normalized spacial score (nSPS) is 11.2. The van der Waals surface area contributed by atoms with Crippen LogP contribution in [0, 0.1) is 0 Å². The standard InChI is InChI=1S/C8H16N2O2S/c1-4-5-6-9-8(11)12-10-7(2)13-3/h4-6H2,1-3H3,(H,9,11)/b10-7-. The monoisotopic (exact) mass is 204 g/mol. The van der Waals surface area contributed by atoms with Gasteiger partial charge in [-0.2, -0.15) is 0 Å². The van der Waals surface area contributed by atoms with Gasteiger partial charge < -0.3 is 5.32 Å². The SMILES string of the molecule is CCCCNC(=O)O/N=C(/C)SC. The number of amides is 1. The Kier molecular flexibility index (Phi) is 7.48. The number of nitrogens with one attached hydrogen (secondary N) is 1. The van der Waals surface area contributed by atoms with Crippen LogP contribution in [0.1, 0.15) is 26.7 Å². The lowest BCUT2D eigenvalue weighted by Gasteiger charge is -2.00. The van der Waals surface area contributed by atoms with E-state index in [0.717, 1.165) is 17.9 Å². The van der Waals surface area contributed by atoms with Crippen LogP contribution in [0.25, 0.3) is 0 Å². The maximum absolute atomic E-state index is 10.9. The molecule has 13 heavy (non-hydrogen) atoms. The Morgan fingerprint density at radius 1 is 1.62 bits per heavy atom. The highest BCUT2D eigenvalue weighted by Gasteiger charge is 1.99. The minimum absolute atomic E-state index is 0.484. The highest BCUT2D eigenvalue weighted by molar-refractivity contribution is 8.13. The molecular formula is C8H16N2O2S. The summed E-state index contributed by atoms with van der Waals surface area (Å²) in [6, 6.07) is 0. The number of hydrogen-bond acceptors (Lipinski definition) is 4. The summed E-state index contributed by atoms with van der Waals surface area (Å²) in [4.78, 5) is 15.4. The largest absolute Gasteiger partial charge is 0.433 e. The van der Waals surface area contributed by atoms with Gasteiger partial charge in [-0.05, 0) is 19.6 Å². The summed E-state index contributed by atoms with van der Waals surface area (Å²) in [5.41, 5.74) is 0. The predicted octanol–water partition coefficient (Wildman–Crippen LogP) is 2.21. The van der Waals surface area contributed by atoms with E-state index in [4.69, 9.17) is 0 Å². The summed E-state index contributed by atoms with van der Waals surface area (Å²) in [6.07, 6.45) is 3.40. The van der Waals surface area contributed by atoms with Crippen LogP contribution in [0.15, 0.2) is 5.16 Å². The molecule has 0 unspecified atom stereocenters. The molecule has 0 aromatic heterocycles. The third kappa shape index (κ3) is 7.64. The van der Waals surface area contributed by atoms with Gasteiger partial charge in [-0.25, -0.2) is 4.79 Å². The van der Waals surface area contributed by atoms with E-state index in [0.29, 0.717) is 6.54 Å². The van der Waals surface area contributed by atoms with Crippen molar-refractivity contribution in [3.8, 4) is 0 Å². The molecule has 0 aliphatic carbocycles. The molecule has 5 heteroatoms. The molecule has 76 valence electrons. The maximum atomic E-state index is 10.9. The van der Waals surface area contributed by atoms with Crippen LogP contribution in [0.3, 0.4) is 0 Å². The molecule has 0 spiro atoms. The zero-order valence-electron chi connectivity index (χ0n) is 8.29. The van der Waals surface area contributed by atoms with Crippen molar-refractivity contribution in [2.45, 2.75) is 26.7 Å². The van der Waals surface area contributed by atoms with E-state index in [1.54, 1.807) is 6.92 Å². The molecular weight excluding hydrogens is 188 g/mol. The number of carbonyl (C=O) groups excluding carboxylic acids is 1. The topological polar surface area (TPSA) is 50.7 Å². The molecule has 0 rings (SSSR count). The van der Waals surface area contributed by atoms with Crippen LogP contribution in [0.5, 0.6) is 0 Å². The van der Waals surface area contributed by atoms with E-state index in [9.17, 15) is 4.79 Å². The van der Waals surface area contributed by atoms with Gasteiger partial charge >= 0.3 is 6.09 Å². The first-order valence-corrected chi connectivity index (χ1v) is 5.46. The van der Waals surface area contributed by atoms with Crippen molar-refractivity contribution < 1.29 is 9.63 Å². The molecule has 0 saturated carbocycles. The van der Waals surface area contributed by atoms with Gasteiger partial charge in [0.25, 0.3) is 0 Å². The summed E-state index contributed by atoms with van der Waals surface area (Å²) < 4.78 is 0. The number of nitrogens with zero attached hydrogens (tertiary/aromatic N) is 1. The number of thioether (sulfide) groups is 1. The smallest absolute Gasteiger partial charge is 0.320 e. The van der Waals surface area contributed by atoms with Gasteiger partial charge in [0.2, 0.25) is 0 Å². The molecule has 0 aliphatic rings. The molecule has 0 aromatic carbocycles. The van der Waals surface area contributed by atoms with Crippen molar-refractivity contribution in [2.24, 2.45) is 5.16 Å². The average molecular weight is 204 g/mol. The number of unbranched alkanes of at least 4 members (excludes halogenated alkanes) is 1. The van der Waals surface area contributed by atoms with Crippen molar-refractivity contribution in [1.29, 1.82) is 0 Å². The molecule has 0 saturated heterocycles. The van der Waals surface area contributed by atoms with Crippen LogP contribution < -0.4 is 5.32 Å². The molecule has 1 amide bonds. The lowest BCUT2D eigenvalue weighted by molar-refractivity contribution is 0.151. The predicted molar refractivity (Wildman–Crippen MR) is 56.0 cm³/mol. The van der Waals surface area contributed by atoms with E-state index in [1.165, 1.54) is 11.8 Å². The van der Waals surface area contributed by atoms with Crippen LogP contribution >= 0.6 is 11.8 Å². The van der Waals surface area contributed by atoms with Crippen LogP contribution in [0.2, 0.25) is 0 Å². The first kappa shape index (κ1) is 12.3. The van der Waals surface area contributed by atoms with Gasteiger partial charge in [-0.15, -0.1) is 11.8 Å². The number of rotatable bonds is 4. The second-order valence-electron chi connectivity index (χ2n) is 2.47. The van der Waals surface area contributed by atoms with Gasteiger partial charge in [0.15, 0.2) is 0 Å². The van der Waals surface area contributed by atoms with E-state index in [1.807, 2.05) is 6.26 Å². The zero-order chi connectivity index (χ0) is 10.1. The summed E-state index contributed by atoms with van der Waals surface area (Å²) in [6.45, 7) is 4.48. The van der Waals surface area contributed by atoms with Gasteiger partial charge in [-0.1, -0.05) is 18.5 Å². The Balaban J connectivity index is 3.51. The van der Waals surface area contributed by atoms with Crippen molar-refractivity contribution in [3.05, 3.63) is 0 Å². The van der Waals surface area contributed by atoms with Crippen molar-refractivity contribution in [2.75, 3.05) is 12.8 Å². The first-order chi connectivity index (χ1) is 6.20. The van der Waals surface area contributed by atoms with Gasteiger partial charge in [0, 0.05) is 6.54 Å².